The predicted molar refractivity (Wildman–Crippen MR) is 136 cm³/mol. The van der Waals surface area contributed by atoms with E-state index < -0.39 is 11.6 Å². The number of nitrogens with one attached hydrogen (secondary N) is 3. The fourth-order valence-corrected chi connectivity index (χ4v) is 5.50. The van der Waals surface area contributed by atoms with Crippen molar-refractivity contribution in [2.24, 2.45) is 0 Å². The van der Waals surface area contributed by atoms with Crippen molar-refractivity contribution in [3.8, 4) is 11.5 Å². The zero-order chi connectivity index (χ0) is 25.3. The number of methoxy groups -OCH3 is 2. The van der Waals surface area contributed by atoms with Gasteiger partial charge in [0.2, 0.25) is 11.9 Å². The Hall–Kier alpha value is -4.41. The minimum Gasteiger partial charge on any atom is -0.497 e. The molecule has 1 saturated heterocycles. The van der Waals surface area contributed by atoms with Gasteiger partial charge in [0.25, 0.3) is 0 Å². The van der Waals surface area contributed by atoms with E-state index in [4.69, 9.17) is 9.47 Å². The van der Waals surface area contributed by atoms with E-state index in [1.807, 2.05) is 36.4 Å². The Kier molecular flexibility index (Phi) is 4.60. The quantitative estimate of drug-likeness (QED) is 0.367. The zero-order valence-corrected chi connectivity index (χ0v) is 20.2. The van der Waals surface area contributed by atoms with Gasteiger partial charge in [-0.05, 0) is 47.9 Å². The van der Waals surface area contributed by atoms with E-state index in [1.165, 1.54) is 7.11 Å². The van der Waals surface area contributed by atoms with E-state index >= 15 is 0 Å². The number of hydrogen-bond donors (Lipinski definition) is 3. The number of benzene rings is 2. The Morgan fingerprint density at radius 3 is 2.78 bits per heavy atom. The predicted octanol–water partition coefficient (Wildman–Crippen LogP) is 3.65. The van der Waals surface area contributed by atoms with Crippen LogP contribution in [0, 0.1) is 0 Å². The van der Waals surface area contributed by atoms with Crippen LogP contribution >= 0.6 is 0 Å². The molecular weight excluding hydrogens is 477 g/mol. The van der Waals surface area contributed by atoms with Gasteiger partial charge in [0.15, 0.2) is 17.4 Å². The number of anilines is 4. The average Bonchev–Trinajstić information content (AvgIpc) is 3.45. The summed E-state index contributed by atoms with van der Waals surface area (Å²) in [5.41, 5.74) is 3.16. The number of nitrogens with zero attached hydrogens (tertiary/aromatic N) is 4. The molecule has 7 rings (SSSR count). The molecule has 0 unspecified atom stereocenters. The molecule has 3 aliphatic rings. The van der Waals surface area contributed by atoms with Gasteiger partial charge in [-0.3, -0.25) is 9.89 Å². The van der Waals surface area contributed by atoms with Crippen molar-refractivity contribution in [2.75, 3.05) is 42.8 Å². The van der Waals surface area contributed by atoms with Gasteiger partial charge >= 0.3 is 0 Å². The van der Waals surface area contributed by atoms with Gasteiger partial charge in [-0.2, -0.15) is 10.1 Å². The number of H-pyrrole nitrogens is 1. The summed E-state index contributed by atoms with van der Waals surface area (Å²) in [6, 6.07) is 11.8. The maximum absolute atomic E-state index is 13.3. The molecule has 2 aromatic carbocycles. The Balaban J connectivity index is 1.18. The third-order valence-electron chi connectivity index (χ3n) is 7.63. The van der Waals surface area contributed by atoms with Crippen LogP contribution in [0.1, 0.15) is 23.5 Å². The summed E-state index contributed by atoms with van der Waals surface area (Å²) in [6.45, 7) is 0.551. The molecule has 1 saturated carbocycles. The molecule has 11 heteroatoms. The molecule has 0 radical (unpaired) electrons. The number of aromatic nitrogens is 4. The maximum Gasteiger partial charge on any atom is 0.235 e. The first-order valence-electron chi connectivity index (χ1n) is 12.0. The van der Waals surface area contributed by atoms with Crippen LogP contribution in [0.5, 0.6) is 11.5 Å². The fraction of sp³-hybridized carbons (Fsp3) is 0.308. The van der Waals surface area contributed by atoms with Crippen LogP contribution < -0.4 is 25.0 Å². The molecule has 2 aliphatic heterocycles. The van der Waals surface area contributed by atoms with Crippen molar-refractivity contribution in [1.29, 1.82) is 0 Å². The number of carbonyl (C=O) groups excluding carboxylic acids is 1. The lowest BCUT2D eigenvalue weighted by atomic mass is 9.91. The highest BCUT2D eigenvalue weighted by atomic mass is 19.1. The summed E-state index contributed by atoms with van der Waals surface area (Å²) in [7, 11) is 3.17. The Morgan fingerprint density at radius 1 is 1.14 bits per heavy atom. The summed E-state index contributed by atoms with van der Waals surface area (Å²) in [5.74, 6) is 2.74. The third kappa shape index (κ3) is 3.23. The van der Waals surface area contributed by atoms with Crippen molar-refractivity contribution >= 4 is 40.1 Å². The zero-order valence-electron chi connectivity index (χ0n) is 20.2. The minimum absolute atomic E-state index is 0.0285. The van der Waals surface area contributed by atoms with E-state index in [0.717, 1.165) is 39.9 Å². The van der Waals surface area contributed by atoms with Gasteiger partial charge in [0.1, 0.15) is 11.9 Å². The van der Waals surface area contributed by atoms with Crippen LogP contribution in [-0.2, 0) is 10.2 Å². The SMILES string of the molecule is COc1ccc2c(c1)[C@]1(C[C@H]1c1ccc3c(Nc4nc(N5CC(F)C5)ncc4OC)n[nH]c3c1)C(=O)N2. The third-order valence-corrected chi connectivity index (χ3v) is 7.63. The molecule has 1 spiro atoms. The number of halogens is 1. The van der Waals surface area contributed by atoms with Crippen LogP contribution in [0.2, 0.25) is 0 Å². The highest BCUT2D eigenvalue weighted by Crippen LogP contribution is 2.65. The van der Waals surface area contributed by atoms with E-state index in [-0.39, 0.29) is 24.9 Å². The number of amides is 1. The second kappa shape index (κ2) is 7.79. The van der Waals surface area contributed by atoms with Crippen molar-refractivity contribution in [2.45, 2.75) is 23.9 Å². The van der Waals surface area contributed by atoms with E-state index in [9.17, 15) is 9.18 Å². The van der Waals surface area contributed by atoms with Gasteiger partial charge < -0.3 is 25.0 Å². The number of hydrogen-bond acceptors (Lipinski definition) is 8. The molecular formula is C26H24FN7O3. The number of alkyl halides is 1. The van der Waals surface area contributed by atoms with Gasteiger partial charge in [-0.25, -0.2) is 9.37 Å². The molecule has 4 aromatic rings. The minimum atomic E-state index is -0.858. The topological polar surface area (TPSA) is 117 Å². The molecule has 2 aromatic heterocycles. The first-order chi connectivity index (χ1) is 18.0. The first kappa shape index (κ1) is 21.8. The number of fused-ring (bicyclic) bond motifs is 3. The first-order valence-corrected chi connectivity index (χ1v) is 12.0. The van der Waals surface area contributed by atoms with Crippen LogP contribution in [0.3, 0.4) is 0 Å². The van der Waals surface area contributed by atoms with Crippen molar-refractivity contribution < 1.29 is 18.7 Å². The van der Waals surface area contributed by atoms with E-state index in [1.54, 1.807) is 18.2 Å². The Bertz CT molecular complexity index is 1570. The van der Waals surface area contributed by atoms with Crippen molar-refractivity contribution in [3.63, 3.8) is 0 Å². The highest BCUT2D eigenvalue weighted by molar-refractivity contribution is 6.10. The fourth-order valence-electron chi connectivity index (χ4n) is 5.50. The maximum atomic E-state index is 13.3. The summed E-state index contributed by atoms with van der Waals surface area (Å²) in [5, 5.41) is 14.7. The monoisotopic (exact) mass is 501 g/mol. The standard InChI is InChI=1S/C26H24FN7O3/c1-36-15-4-6-19-17(8-15)26(24(35)29-19)9-18(26)13-3-5-16-20(7-13)32-33-22(16)30-23-21(37-2)10-28-25(31-23)34-11-14(27)12-34/h3-8,10,14,18H,9,11-12H2,1-2H3,(H,29,35)(H2,28,30,31,32,33)/t18-,26-/m0/s1. The lowest BCUT2D eigenvalue weighted by Crippen LogP contribution is -2.49. The lowest BCUT2D eigenvalue weighted by molar-refractivity contribution is -0.118. The molecule has 10 nitrogen and oxygen atoms in total. The normalized spacial score (nSPS) is 22.1. The molecule has 4 heterocycles. The van der Waals surface area contributed by atoms with Crippen molar-refractivity contribution in [1.82, 2.24) is 20.2 Å². The summed E-state index contributed by atoms with van der Waals surface area (Å²) in [4.78, 5) is 23.6. The van der Waals surface area contributed by atoms with Gasteiger partial charge in [-0.15, -0.1) is 0 Å². The average molecular weight is 502 g/mol. The summed E-state index contributed by atoms with van der Waals surface area (Å²) in [6.07, 6.45) is 1.44. The Labute approximate surface area is 211 Å². The summed E-state index contributed by atoms with van der Waals surface area (Å²) < 4.78 is 24.1. The molecule has 2 atom stereocenters. The lowest BCUT2D eigenvalue weighted by Gasteiger charge is -2.34. The van der Waals surface area contributed by atoms with Crippen LogP contribution in [0.15, 0.2) is 42.6 Å². The summed E-state index contributed by atoms with van der Waals surface area (Å²) >= 11 is 0. The molecule has 2 fully saturated rings. The van der Waals surface area contributed by atoms with Gasteiger partial charge in [0, 0.05) is 17.0 Å². The van der Waals surface area contributed by atoms with Gasteiger partial charge in [-0.1, -0.05) is 6.07 Å². The van der Waals surface area contributed by atoms with Crippen molar-refractivity contribution in [3.05, 3.63) is 53.7 Å². The molecule has 188 valence electrons. The molecule has 0 bridgehead atoms. The highest BCUT2D eigenvalue weighted by Gasteiger charge is 2.65. The number of aromatic amines is 1. The van der Waals surface area contributed by atoms with E-state index in [2.05, 4.69) is 30.8 Å². The second-order valence-electron chi connectivity index (χ2n) is 9.69. The van der Waals surface area contributed by atoms with E-state index in [0.29, 0.717) is 23.3 Å². The number of ether oxygens (including phenoxy) is 2. The second-order valence-corrected chi connectivity index (χ2v) is 9.69. The number of carbonyl (C=O) groups is 1. The molecule has 1 aliphatic carbocycles. The smallest absolute Gasteiger partial charge is 0.235 e. The molecule has 3 N–H and O–H groups in total. The van der Waals surface area contributed by atoms with Gasteiger partial charge in [0.05, 0.1) is 44.4 Å². The Morgan fingerprint density at radius 2 is 2.00 bits per heavy atom. The number of rotatable bonds is 6. The van der Waals surface area contributed by atoms with Crippen LogP contribution in [0.4, 0.5) is 27.7 Å². The largest absolute Gasteiger partial charge is 0.497 e. The molecule has 1 amide bonds. The van der Waals surface area contributed by atoms with Crippen LogP contribution in [-0.4, -0.2) is 59.6 Å². The molecule has 37 heavy (non-hydrogen) atoms. The van der Waals surface area contributed by atoms with Crippen LogP contribution in [0.25, 0.3) is 10.9 Å².